The van der Waals surface area contributed by atoms with Gasteiger partial charge >= 0.3 is 5.97 Å². The summed E-state index contributed by atoms with van der Waals surface area (Å²) in [6.07, 6.45) is 1.82. The Labute approximate surface area is 237 Å². The molecule has 0 radical (unpaired) electrons. The highest BCUT2D eigenvalue weighted by molar-refractivity contribution is 8.18. The van der Waals surface area contributed by atoms with Crippen molar-refractivity contribution < 1.29 is 23.8 Å². The van der Waals surface area contributed by atoms with Crippen molar-refractivity contribution in [1.82, 2.24) is 4.90 Å². The molecule has 0 bridgehead atoms. The van der Waals surface area contributed by atoms with Crippen LogP contribution < -0.4 is 9.47 Å². The standard InChI is InChI=1S/C32H28N2O5S/c1-4-38-28-18-21(12-17-27(28)39-20-24-10-7-9-22-8-5-6-11-26(22)24)19-29-30(35)34(2)32(40-29)33-25-15-13-23(14-16-25)31(36)37-3/h5-19H,4,20H2,1-3H3. The highest BCUT2D eigenvalue weighted by Gasteiger charge is 2.30. The molecule has 202 valence electrons. The van der Waals surface area contributed by atoms with Gasteiger partial charge in [0.15, 0.2) is 16.7 Å². The second kappa shape index (κ2) is 12.1. The van der Waals surface area contributed by atoms with Crippen LogP contribution in [0.25, 0.3) is 16.8 Å². The van der Waals surface area contributed by atoms with E-state index in [1.54, 1.807) is 31.3 Å². The van der Waals surface area contributed by atoms with Gasteiger partial charge in [-0.25, -0.2) is 9.79 Å². The average molecular weight is 553 g/mol. The first-order valence-electron chi connectivity index (χ1n) is 12.8. The Balaban J connectivity index is 1.34. The molecule has 0 N–H and O–H groups in total. The van der Waals surface area contributed by atoms with E-state index in [1.807, 2.05) is 49.4 Å². The molecule has 1 aliphatic rings. The van der Waals surface area contributed by atoms with Gasteiger partial charge in [0.2, 0.25) is 0 Å². The first-order chi connectivity index (χ1) is 19.5. The van der Waals surface area contributed by atoms with E-state index in [1.165, 1.54) is 29.2 Å². The van der Waals surface area contributed by atoms with Gasteiger partial charge in [0.25, 0.3) is 5.91 Å². The van der Waals surface area contributed by atoms with E-state index in [2.05, 4.69) is 29.3 Å². The number of aliphatic imine (C=N–C) groups is 1. The molecule has 0 spiro atoms. The molecular weight excluding hydrogens is 524 g/mol. The number of carbonyl (C=O) groups is 2. The quantitative estimate of drug-likeness (QED) is 0.176. The fourth-order valence-electron chi connectivity index (χ4n) is 4.28. The van der Waals surface area contributed by atoms with Gasteiger partial charge in [-0.05, 0) is 83.1 Å². The monoisotopic (exact) mass is 552 g/mol. The fourth-order valence-corrected chi connectivity index (χ4v) is 5.27. The minimum Gasteiger partial charge on any atom is -0.490 e. The third kappa shape index (κ3) is 5.87. The molecule has 7 nitrogen and oxygen atoms in total. The summed E-state index contributed by atoms with van der Waals surface area (Å²) in [5, 5.41) is 2.87. The third-order valence-corrected chi connectivity index (χ3v) is 7.41. The van der Waals surface area contributed by atoms with Gasteiger partial charge in [-0.1, -0.05) is 48.5 Å². The normalized spacial score (nSPS) is 15.2. The second-order valence-electron chi connectivity index (χ2n) is 8.97. The van der Waals surface area contributed by atoms with Crippen LogP contribution in [0.15, 0.2) is 94.8 Å². The van der Waals surface area contributed by atoms with Gasteiger partial charge in [-0.3, -0.25) is 9.69 Å². The Morgan fingerprint density at radius 3 is 2.50 bits per heavy atom. The number of fused-ring (bicyclic) bond motifs is 1. The van der Waals surface area contributed by atoms with Crippen LogP contribution in [-0.2, 0) is 16.1 Å². The largest absolute Gasteiger partial charge is 0.490 e. The smallest absolute Gasteiger partial charge is 0.337 e. The third-order valence-electron chi connectivity index (χ3n) is 6.35. The van der Waals surface area contributed by atoms with Crippen LogP contribution in [0.5, 0.6) is 11.5 Å². The number of ether oxygens (including phenoxy) is 3. The zero-order valence-corrected chi connectivity index (χ0v) is 23.2. The topological polar surface area (TPSA) is 77.4 Å². The number of methoxy groups -OCH3 is 1. The summed E-state index contributed by atoms with van der Waals surface area (Å²) in [7, 11) is 3.03. The van der Waals surface area contributed by atoms with Crippen molar-refractivity contribution in [1.29, 1.82) is 0 Å². The van der Waals surface area contributed by atoms with E-state index in [-0.39, 0.29) is 5.91 Å². The number of hydrogen-bond donors (Lipinski definition) is 0. The van der Waals surface area contributed by atoms with Crippen LogP contribution in [0, 0.1) is 0 Å². The van der Waals surface area contributed by atoms with Crippen LogP contribution in [-0.4, -0.2) is 42.7 Å². The number of hydrogen-bond acceptors (Lipinski definition) is 7. The fraction of sp³-hybridized carbons (Fsp3) is 0.156. The summed E-state index contributed by atoms with van der Waals surface area (Å²) in [5.74, 6) is 0.685. The van der Waals surface area contributed by atoms with Crippen molar-refractivity contribution in [2.75, 3.05) is 20.8 Å². The maximum atomic E-state index is 13.0. The molecule has 1 fully saturated rings. The molecule has 4 aromatic rings. The van der Waals surface area contributed by atoms with Gasteiger partial charge in [-0.2, -0.15) is 0 Å². The summed E-state index contributed by atoms with van der Waals surface area (Å²) >= 11 is 1.29. The first kappa shape index (κ1) is 27.0. The van der Waals surface area contributed by atoms with E-state index in [0.29, 0.717) is 46.0 Å². The van der Waals surface area contributed by atoms with E-state index >= 15 is 0 Å². The van der Waals surface area contributed by atoms with Crippen LogP contribution in [0.1, 0.15) is 28.4 Å². The summed E-state index contributed by atoms with van der Waals surface area (Å²) in [6.45, 7) is 2.81. The predicted octanol–water partition coefficient (Wildman–Crippen LogP) is 6.84. The molecule has 0 unspecified atom stereocenters. The Bertz CT molecular complexity index is 1620. The number of carbonyl (C=O) groups excluding carboxylic acids is 2. The highest BCUT2D eigenvalue weighted by Crippen LogP contribution is 2.36. The van der Waals surface area contributed by atoms with Crippen LogP contribution in [0.4, 0.5) is 5.69 Å². The molecular formula is C32H28N2O5S. The first-order valence-corrected chi connectivity index (χ1v) is 13.6. The second-order valence-corrected chi connectivity index (χ2v) is 9.98. The molecule has 1 saturated heterocycles. The highest BCUT2D eigenvalue weighted by atomic mass is 32.2. The average Bonchev–Trinajstić information content (AvgIpc) is 3.24. The molecule has 1 heterocycles. The SMILES string of the molecule is CCOc1cc(C=C2SC(=Nc3ccc(C(=O)OC)cc3)N(C)C2=O)ccc1OCc1cccc2ccccc12. The number of benzene rings is 4. The number of likely N-dealkylation sites (N-methyl/N-ethyl adjacent to an activating group) is 1. The molecule has 1 aliphatic heterocycles. The zero-order chi connectivity index (χ0) is 28.1. The number of esters is 1. The Morgan fingerprint density at radius 2 is 1.73 bits per heavy atom. The number of rotatable bonds is 8. The molecule has 40 heavy (non-hydrogen) atoms. The molecule has 1 amide bonds. The lowest BCUT2D eigenvalue weighted by atomic mass is 10.1. The van der Waals surface area contributed by atoms with Crippen molar-refractivity contribution in [2.24, 2.45) is 4.99 Å². The molecule has 0 atom stereocenters. The molecule has 0 aliphatic carbocycles. The zero-order valence-electron chi connectivity index (χ0n) is 22.4. The van der Waals surface area contributed by atoms with Gasteiger partial charge in [0.05, 0.1) is 29.9 Å². The van der Waals surface area contributed by atoms with E-state index in [0.717, 1.165) is 16.5 Å². The Hall–Kier alpha value is -4.56. The number of thioether (sulfide) groups is 1. The molecule has 4 aromatic carbocycles. The van der Waals surface area contributed by atoms with Crippen molar-refractivity contribution >= 4 is 51.3 Å². The van der Waals surface area contributed by atoms with Crippen molar-refractivity contribution in [3.8, 4) is 11.5 Å². The van der Waals surface area contributed by atoms with Crippen LogP contribution >= 0.6 is 11.8 Å². The van der Waals surface area contributed by atoms with Crippen LogP contribution in [0.2, 0.25) is 0 Å². The Morgan fingerprint density at radius 1 is 0.950 bits per heavy atom. The summed E-state index contributed by atoms with van der Waals surface area (Å²) < 4.78 is 16.8. The number of amidine groups is 1. The van der Waals surface area contributed by atoms with Crippen LogP contribution in [0.3, 0.4) is 0 Å². The van der Waals surface area contributed by atoms with E-state index in [4.69, 9.17) is 14.2 Å². The van der Waals surface area contributed by atoms with Crippen molar-refractivity contribution in [2.45, 2.75) is 13.5 Å². The number of amides is 1. The molecule has 5 rings (SSSR count). The lowest BCUT2D eigenvalue weighted by molar-refractivity contribution is -0.121. The van der Waals surface area contributed by atoms with Crippen molar-refractivity contribution in [3.05, 3.63) is 107 Å². The number of nitrogens with zero attached hydrogens (tertiary/aromatic N) is 2. The summed E-state index contributed by atoms with van der Waals surface area (Å²) in [4.78, 5) is 31.3. The van der Waals surface area contributed by atoms with E-state index in [9.17, 15) is 9.59 Å². The minimum atomic E-state index is -0.414. The van der Waals surface area contributed by atoms with Gasteiger partial charge < -0.3 is 14.2 Å². The Kier molecular flexibility index (Phi) is 8.17. The maximum Gasteiger partial charge on any atom is 0.337 e. The van der Waals surface area contributed by atoms with Gasteiger partial charge in [0, 0.05) is 7.05 Å². The predicted molar refractivity (Wildman–Crippen MR) is 159 cm³/mol. The van der Waals surface area contributed by atoms with Gasteiger partial charge in [-0.15, -0.1) is 0 Å². The maximum absolute atomic E-state index is 13.0. The minimum absolute atomic E-state index is 0.149. The molecule has 8 heteroatoms. The molecule has 0 aromatic heterocycles. The summed E-state index contributed by atoms with van der Waals surface area (Å²) in [6, 6.07) is 26.8. The lowest BCUT2D eigenvalue weighted by Gasteiger charge is -2.14. The summed E-state index contributed by atoms with van der Waals surface area (Å²) in [5.41, 5.74) is 2.97. The molecule has 0 saturated carbocycles. The van der Waals surface area contributed by atoms with E-state index < -0.39 is 5.97 Å². The lowest BCUT2D eigenvalue weighted by Crippen LogP contribution is -2.23. The van der Waals surface area contributed by atoms with Crippen molar-refractivity contribution in [3.63, 3.8) is 0 Å². The van der Waals surface area contributed by atoms with Gasteiger partial charge in [0.1, 0.15) is 6.61 Å².